The molecule has 410 valence electrons. The second kappa shape index (κ2) is 24.9. The third kappa shape index (κ3) is 13.4. The van der Waals surface area contributed by atoms with E-state index in [2.05, 4.69) is 22.8 Å². The highest BCUT2D eigenvalue weighted by Gasteiger charge is 2.57. The zero-order valence-electron chi connectivity index (χ0n) is 46.6. The smallest absolute Gasteiger partial charge is 0.410 e. The Morgan fingerprint density at radius 2 is 1.37 bits per heavy atom. The second-order valence-electron chi connectivity index (χ2n) is 22.7. The van der Waals surface area contributed by atoms with Crippen molar-refractivity contribution >= 4 is 35.7 Å². The number of amides is 5. The first-order valence-corrected chi connectivity index (χ1v) is 26.7. The number of likely N-dealkylation sites (N-methyl/N-ethyl adjacent to an activating group) is 2. The SMILES string of the molecule is CC[C@H](C)[C@@H]([C@@H](CC(=O)N1[C@H]2C[C@H]2C[C@H]1[C@H](OC)[C@@H](C)C(=O)N[C@@H](Cc1ccccc1F)C(=O)OC(C)(C)C)OC)N(C)C(=O)[C@@H](NC(=O)[C@H](C(C)C)N(C)C(=O)OCC1c2ccccc2-c2ccccc21)C(C)C. The fraction of sp³-hybridized carbons (Fsp3) is 0.593. The number of likely N-dealkylation sites (tertiary alicyclic amines) is 1. The molecule has 0 spiro atoms. The molecular weight excluding hydrogens is 958 g/mol. The molecule has 16 heteroatoms. The van der Waals surface area contributed by atoms with Crippen molar-refractivity contribution in [1.29, 1.82) is 0 Å². The number of ether oxygens (including phenoxy) is 4. The molecule has 1 aliphatic heterocycles. The number of halogens is 1. The van der Waals surface area contributed by atoms with Crippen LogP contribution in [0.15, 0.2) is 72.8 Å². The predicted molar refractivity (Wildman–Crippen MR) is 285 cm³/mol. The molecule has 11 atom stereocenters. The summed E-state index contributed by atoms with van der Waals surface area (Å²) in [6, 6.07) is 17.9. The van der Waals surface area contributed by atoms with Gasteiger partial charge in [0.05, 0.1) is 36.6 Å². The minimum Gasteiger partial charge on any atom is -0.458 e. The average Bonchev–Trinajstić information content (AvgIpc) is 3.91. The maximum atomic E-state index is 14.8. The number of nitrogens with one attached hydrogen (secondary N) is 2. The van der Waals surface area contributed by atoms with Gasteiger partial charge in [0.2, 0.25) is 23.6 Å². The number of fused-ring (bicyclic) bond motifs is 4. The summed E-state index contributed by atoms with van der Waals surface area (Å²) in [5.41, 5.74) is 3.72. The van der Waals surface area contributed by atoms with Crippen molar-refractivity contribution in [3.63, 3.8) is 0 Å². The number of hydrogen-bond acceptors (Lipinski definition) is 10. The normalized spacial score (nSPS) is 20.1. The van der Waals surface area contributed by atoms with Crippen LogP contribution in [0.5, 0.6) is 0 Å². The molecule has 2 aliphatic carbocycles. The summed E-state index contributed by atoms with van der Waals surface area (Å²) in [4.78, 5) is 90.1. The lowest BCUT2D eigenvalue weighted by atomic mass is 9.89. The number of esters is 1. The largest absolute Gasteiger partial charge is 0.458 e. The first-order chi connectivity index (χ1) is 35.4. The number of hydrogen-bond donors (Lipinski definition) is 2. The Hall–Kier alpha value is -5.87. The van der Waals surface area contributed by atoms with Crippen molar-refractivity contribution in [2.75, 3.05) is 34.9 Å². The molecule has 5 amide bonds. The summed E-state index contributed by atoms with van der Waals surface area (Å²) >= 11 is 0. The minimum absolute atomic E-state index is 0.0640. The quantitative estimate of drug-likeness (QED) is 0.0883. The van der Waals surface area contributed by atoms with E-state index in [9.17, 15) is 33.2 Å². The first kappa shape index (κ1) is 58.4. The van der Waals surface area contributed by atoms with Crippen LogP contribution in [0.2, 0.25) is 0 Å². The fourth-order valence-electron chi connectivity index (χ4n) is 11.5. The van der Waals surface area contributed by atoms with E-state index in [-0.39, 0.29) is 72.5 Å². The lowest BCUT2D eigenvalue weighted by Crippen LogP contribution is -2.60. The monoisotopic (exact) mass is 1040 g/mol. The first-order valence-electron chi connectivity index (χ1n) is 26.7. The Bertz CT molecular complexity index is 2470. The van der Waals surface area contributed by atoms with Gasteiger partial charge in [-0.15, -0.1) is 0 Å². The summed E-state index contributed by atoms with van der Waals surface area (Å²) < 4.78 is 38.6. The summed E-state index contributed by atoms with van der Waals surface area (Å²) in [7, 11) is 6.23. The number of methoxy groups -OCH3 is 2. The number of benzene rings is 3. The van der Waals surface area contributed by atoms with Gasteiger partial charge < -0.3 is 39.4 Å². The molecular formula is C59H82FN5O10. The maximum absolute atomic E-state index is 14.8. The molecule has 2 fully saturated rings. The van der Waals surface area contributed by atoms with Gasteiger partial charge in [-0.3, -0.25) is 24.1 Å². The molecule has 0 unspecified atom stereocenters. The van der Waals surface area contributed by atoms with Gasteiger partial charge in [0, 0.05) is 46.7 Å². The van der Waals surface area contributed by atoms with Gasteiger partial charge >= 0.3 is 12.1 Å². The highest BCUT2D eigenvalue weighted by molar-refractivity contribution is 5.92. The lowest BCUT2D eigenvalue weighted by molar-refractivity contribution is -0.159. The number of carbonyl (C=O) groups is 6. The van der Waals surface area contributed by atoms with Crippen LogP contribution in [0.25, 0.3) is 11.1 Å². The van der Waals surface area contributed by atoms with Gasteiger partial charge in [0.15, 0.2) is 0 Å². The van der Waals surface area contributed by atoms with Crippen LogP contribution in [0.3, 0.4) is 0 Å². The predicted octanol–water partition coefficient (Wildman–Crippen LogP) is 8.16. The van der Waals surface area contributed by atoms with Gasteiger partial charge in [0.25, 0.3) is 0 Å². The Kier molecular flexibility index (Phi) is 19.4. The van der Waals surface area contributed by atoms with E-state index >= 15 is 0 Å². The van der Waals surface area contributed by atoms with E-state index in [1.54, 1.807) is 57.8 Å². The van der Waals surface area contributed by atoms with E-state index in [0.29, 0.717) is 12.8 Å². The summed E-state index contributed by atoms with van der Waals surface area (Å²) in [6.07, 6.45) is -0.348. The lowest BCUT2D eigenvalue weighted by Gasteiger charge is -2.41. The average molecular weight is 1040 g/mol. The molecule has 3 aromatic carbocycles. The Morgan fingerprint density at radius 3 is 1.92 bits per heavy atom. The van der Waals surface area contributed by atoms with Crippen LogP contribution >= 0.6 is 0 Å². The molecule has 1 saturated carbocycles. The number of piperidine rings is 1. The van der Waals surface area contributed by atoms with Gasteiger partial charge in [-0.1, -0.05) is 122 Å². The zero-order valence-corrected chi connectivity index (χ0v) is 46.6. The molecule has 1 heterocycles. The van der Waals surface area contributed by atoms with Gasteiger partial charge in [-0.05, 0) is 91.2 Å². The molecule has 1 saturated heterocycles. The molecule has 0 radical (unpaired) electrons. The molecule has 3 aliphatic rings. The van der Waals surface area contributed by atoms with E-state index < -0.39 is 83.6 Å². The molecule has 0 aromatic heterocycles. The third-order valence-electron chi connectivity index (χ3n) is 15.6. The van der Waals surface area contributed by atoms with E-state index in [4.69, 9.17) is 18.9 Å². The summed E-state index contributed by atoms with van der Waals surface area (Å²) in [5.74, 6) is -4.46. The second-order valence-corrected chi connectivity index (χ2v) is 22.7. The van der Waals surface area contributed by atoms with Crippen LogP contribution in [0.4, 0.5) is 9.18 Å². The van der Waals surface area contributed by atoms with Crippen molar-refractivity contribution in [3.8, 4) is 11.1 Å². The molecule has 0 bridgehead atoms. The highest BCUT2D eigenvalue weighted by Crippen LogP contribution is 2.50. The molecule has 2 N–H and O–H groups in total. The van der Waals surface area contributed by atoms with Gasteiger partial charge in [0.1, 0.15) is 36.2 Å². The van der Waals surface area contributed by atoms with E-state index in [1.807, 2.05) is 82.8 Å². The standard InChI is InChI=1S/C59H82FN5O10/c1-15-35(6)52(63(11)56(69)50(33(2)3)62-55(68)51(34(4)5)64(12)58(71)74-32-43-41-25-19-17-23-39(41)40-24-18-20-26-42(40)43)48(72-13)31-49(66)65-46-29-38(46)30-47(65)53(73-14)36(7)54(67)61-45(57(70)75-59(8,9)10)28-37-22-16-21-27-44(37)60/h16-27,33-36,38,43,45-48,50-53H,15,28-32H2,1-14H3,(H,61,67)(H,62,68)/t35-,36+,38-,45-,46-,47-,48+,50-,51-,52-,53+/m0/s1. The van der Waals surface area contributed by atoms with Crippen LogP contribution in [0.1, 0.15) is 118 Å². The van der Waals surface area contributed by atoms with Gasteiger partial charge in [-0.2, -0.15) is 0 Å². The highest BCUT2D eigenvalue weighted by atomic mass is 19.1. The molecule has 6 rings (SSSR count). The van der Waals surface area contributed by atoms with Crippen molar-refractivity contribution in [2.45, 2.75) is 161 Å². The molecule has 3 aromatic rings. The fourth-order valence-corrected chi connectivity index (χ4v) is 11.5. The van der Waals surface area contributed by atoms with Gasteiger partial charge in [-0.25, -0.2) is 14.0 Å². The number of nitrogens with zero attached hydrogens (tertiary/aromatic N) is 3. The molecule has 15 nitrogen and oxygen atoms in total. The van der Waals surface area contributed by atoms with Crippen molar-refractivity contribution in [3.05, 3.63) is 95.3 Å². The van der Waals surface area contributed by atoms with Crippen LogP contribution < -0.4 is 10.6 Å². The summed E-state index contributed by atoms with van der Waals surface area (Å²) in [6.45, 7) is 18.3. The zero-order chi connectivity index (χ0) is 55.2. The molecule has 75 heavy (non-hydrogen) atoms. The van der Waals surface area contributed by atoms with Crippen LogP contribution in [-0.2, 0) is 49.3 Å². The van der Waals surface area contributed by atoms with E-state index in [1.165, 1.54) is 32.2 Å². The van der Waals surface area contributed by atoms with Crippen molar-refractivity contribution in [1.82, 2.24) is 25.3 Å². The minimum atomic E-state index is -1.20. The Balaban J connectivity index is 1.14. The maximum Gasteiger partial charge on any atom is 0.410 e. The topological polar surface area (TPSA) is 173 Å². The van der Waals surface area contributed by atoms with Crippen molar-refractivity contribution < 1.29 is 52.1 Å². The number of rotatable bonds is 23. The van der Waals surface area contributed by atoms with Crippen molar-refractivity contribution in [2.24, 2.45) is 29.6 Å². The third-order valence-corrected chi connectivity index (χ3v) is 15.6. The van der Waals surface area contributed by atoms with E-state index in [0.717, 1.165) is 28.7 Å². The van der Waals surface area contributed by atoms with Crippen LogP contribution in [0, 0.1) is 35.4 Å². The van der Waals surface area contributed by atoms with Crippen LogP contribution in [-0.4, -0.2) is 139 Å². The summed E-state index contributed by atoms with van der Waals surface area (Å²) in [5, 5.41) is 5.82. The Labute approximate surface area is 443 Å². The number of carbonyl (C=O) groups excluding carboxylic acids is 6. The Morgan fingerprint density at radius 1 is 0.773 bits per heavy atom.